The van der Waals surface area contributed by atoms with Crippen LogP contribution in [0.3, 0.4) is 0 Å². The summed E-state index contributed by atoms with van der Waals surface area (Å²) in [6.45, 7) is 3.41. The first-order valence-electron chi connectivity index (χ1n) is 10.0. The van der Waals surface area contributed by atoms with Crippen molar-refractivity contribution < 1.29 is 31.2 Å². The van der Waals surface area contributed by atoms with Crippen molar-refractivity contribution in [3.05, 3.63) is 70.7 Å². The van der Waals surface area contributed by atoms with Crippen molar-refractivity contribution in [1.29, 1.82) is 0 Å². The number of hydrogen-bond acceptors (Lipinski definition) is 3. The third-order valence-electron chi connectivity index (χ3n) is 5.69. The van der Waals surface area contributed by atoms with E-state index in [0.717, 1.165) is 43.4 Å². The molecule has 31 heavy (non-hydrogen) atoms. The maximum Gasteiger partial charge on any atom is 0.201 e. The molecule has 0 unspecified atom stereocenters. The van der Waals surface area contributed by atoms with Crippen LogP contribution in [0.4, 0.5) is 17.6 Å². The van der Waals surface area contributed by atoms with Crippen LogP contribution in [0, 0.1) is 43.0 Å². The van der Waals surface area contributed by atoms with Crippen LogP contribution in [-0.2, 0) is 0 Å². The summed E-state index contributed by atoms with van der Waals surface area (Å²) >= 11 is 0. The smallest absolute Gasteiger partial charge is 0.201 e. The zero-order valence-corrected chi connectivity index (χ0v) is 17.0. The molecule has 2 heterocycles. The van der Waals surface area contributed by atoms with Crippen molar-refractivity contribution in [2.45, 2.75) is 39.5 Å². The van der Waals surface area contributed by atoms with Gasteiger partial charge in [0.1, 0.15) is 11.6 Å². The molecule has 0 atom stereocenters. The summed E-state index contributed by atoms with van der Waals surface area (Å²) in [5.74, 6) is -2.58. The Kier molecular flexibility index (Phi) is 5.60. The van der Waals surface area contributed by atoms with E-state index >= 15 is 0 Å². The number of furan rings is 2. The van der Waals surface area contributed by atoms with Gasteiger partial charge < -0.3 is 8.83 Å². The fourth-order valence-corrected chi connectivity index (χ4v) is 4.04. The van der Waals surface area contributed by atoms with Crippen LogP contribution >= 0.6 is 0 Å². The van der Waals surface area contributed by atoms with Crippen molar-refractivity contribution in [3.8, 4) is 0 Å². The molecule has 0 bridgehead atoms. The summed E-state index contributed by atoms with van der Waals surface area (Å²) in [4.78, 5) is 12.3. The molecular formula is C24H20F4O3. The van der Waals surface area contributed by atoms with Crippen LogP contribution in [0.5, 0.6) is 0 Å². The molecule has 4 aromatic rings. The van der Waals surface area contributed by atoms with Gasteiger partial charge in [0.2, 0.25) is 5.78 Å². The number of carbonyl (C=O) groups excluding carboxylic acids is 1. The molecule has 1 aliphatic rings. The second-order valence-electron chi connectivity index (χ2n) is 7.85. The van der Waals surface area contributed by atoms with Gasteiger partial charge in [-0.15, -0.1) is 0 Å². The first-order chi connectivity index (χ1) is 14.8. The van der Waals surface area contributed by atoms with Gasteiger partial charge in [-0.05, 0) is 44.4 Å². The van der Waals surface area contributed by atoms with Crippen LogP contribution in [-0.4, -0.2) is 5.78 Å². The fraction of sp³-hybridized carbons (Fsp3) is 0.292. The van der Waals surface area contributed by atoms with Gasteiger partial charge in [-0.2, -0.15) is 0 Å². The third-order valence-corrected chi connectivity index (χ3v) is 5.69. The van der Waals surface area contributed by atoms with Crippen molar-refractivity contribution in [2.24, 2.45) is 5.92 Å². The SMILES string of the molecule is Cc1c(C(=O)C2CCCC2)oc2c(F)cc(F)cc12.Cc1coc2c(F)cc(F)cc12. The number of fused-ring (bicyclic) bond motifs is 2. The molecule has 3 nitrogen and oxygen atoms in total. The average molecular weight is 432 g/mol. The molecule has 1 aliphatic carbocycles. The highest BCUT2D eigenvalue weighted by Gasteiger charge is 2.29. The number of aryl methyl sites for hydroxylation is 2. The van der Waals surface area contributed by atoms with Crippen LogP contribution in [0.1, 0.15) is 47.4 Å². The van der Waals surface area contributed by atoms with Gasteiger partial charge in [-0.3, -0.25) is 4.79 Å². The second kappa shape index (κ2) is 8.21. The Balaban J connectivity index is 0.000000166. The second-order valence-corrected chi connectivity index (χ2v) is 7.85. The number of rotatable bonds is 2. The summed E-state index contributed by atoms with van der Waals surface area (Å²) in [6, 6.07) is 4.06. The van der Waals surface area contributed by atoms with Gasteiger partial charge in [-0.25, -0.2) is 17.6 Å². The minimum Gasteiger partial charge on any atom is -0.461 e. The zero-order valence-electron chi connectivity index (χ0n) is 17.0. The summed E-state index contributed by atoms with van der Waals surface area (Å²) in [7, 11) is 0. The molecule has 5 rings (SSSR count). The summed E-state index contributed by atoms with van der Waals surface area (Å²) in [6.07, 6.45) is 5.20. The predicted octanol–water partition coefficient (Wildman–Crippen LogP) is 7.41. The molecule has 0 saturated heterocycles. The molecule has 0 amide bonds. The van der Waals surface area contributed by atoms with Crippen molar-refractivity contribution in [2.75, 3.05) is 0 Å². The molecule has 0 N–H and O–H groups in total. The largest absolute Gasteiger partial charge is 0.461 e. The first kappa shape index (κ1) is 21.2. The van der Waals surface area contributed by atoms with Gasteiger partial charge in [0.15, 0.2) is 28.6 Å². The number of halogens is 4. The third kappa shape index (κ3) is 3.96. The van der Waals surface area contributed by atoms with E-state index in [-0.39, 0.29) is 28.6 Å². The number of benzene rings is 2. The summed E-state index contributed by atoms with van der Waals surface area (Å²) < 4.78 is 62.7. The Morgan fingerprint density at radius 2 is 1.45 bits per heavy atom. The zero-order chi connectivity index (χ0) is 22.3. The number of Topliss-reactive ketones (excluding diaryl/α,β-unsaturated/α-hetero) is 1. The highest BCUT2D eigenvalue weighted by atomic mass is 19.1. The minimum atomic E-state index is -0.761. The van der Waals surface area contributed by atoms with Gasteiger partial charge in [0.05, 0.1) is 6.26 Å². The fourth-order valence-electron chi connectivity index (χ4n) is 4.04. The lowest BCUT2D eigenvalue weighted by Crippen LogP contribution is -2.11. The molecule has 0 spiro atoms. The Bertz CT molecular complexity index is 1280. The first-order valence-corrected chi connectivity index (χ1v) is 10.0. The lowest BCUT2D eigenvalue weighted by atomic mass is 9.98. The Morgan fingerprint density at radius 3 is 2.10 bits per heavy atom. The monoisotopic (exact) mass is 432 g/mol. The predicted molar refractivity (Wildman–Crippen MR) is 108 cm³/mol. The number of carbonyl (C=O) groups is 1. The minimum absolute atomic E-state index is 0.0275. The molecule has 0 aliphatic heterocycles. The van der Waals surface area contributed by atoms with Crippen LogP contribution < -0.4 is 0 Å². The molecular weight excluding hydrogens is 412 g/mol. The van der Waals surface area contributed by atoms with E-state index < -0.39 is 23.3 Å². The number of ketones is 1. The molecule has 1 fully saturated rings. The standard InChI is InChI=1S/C15H14F2O2.C9H6F2O/c1-8-11-6-10(16)7-12(17)15(11)19-14(8)13(18)9-4-2-3-5-9;1-5-4-12-9-7(5)2-6(10)3-8(9)11/h6-7,9H,2-5H2,1H3;2-4H,1H3. The molecule has 0 radical (unpaired) electrons. The lowest BCUT2D eigenvalue weighted by Gasteiger charge is -2.05. The number of hydrogen-bond donors (Lipinski definition) is 0. The van der Waals surface area contributed by atoms with E-state index in [9.17, 15) is 22.4 Å². The van der Waals surface area contributed by atoms with Crippen LogP contribution in [0.25, 0.3) is 21.9 Å². The highest BCUT2D eigenvalue weighted by molar-refractivity contribution is 6.01. The maximum absolute atomic E-state index is 13.6. The van der Waals surface area contributed by atoms with Crippen molar-refractivity contribution in [1.82, 2.24) is 0 Å². The topological polar surface area (TPSA) is 43.4 Å². The highest BCUT2D eigenvalue weighted by Crippen LogP contribution is 2.34. The van der Waals surface area contributed by atoms with E-state index in [1.807, 2.05) is 0 Å². The molecule has 2 aromatic heterocycles. The Morgan fingerprint density at radius 1 is 0.871 bits per heavy atom. The average Bonchev–Trinajstić information content (AvgIpc) is 3.43. The van der Waals surface area contributed by atoms with E-state index in [1.165, 1.54) is 18.4 Å². The van der Waals surface area contributed by atoms with E-state index in [0.29, 0.717) is 16.3 Å². The van der Waals surface area contributed by atoms with Crippen LogP contribution in [0.2, 0.25) is 0 Å². The van der Waals surface area contributed by atoms with Crippen LogP contribution in [0.15, 0.2) is 39.4 Å². The lowest BCUT2D eigenvalue weighted by molar-refractivity contribution is 0.0895. The molecule has 2 aromatic carbocycles. The normalized spacial score (nSPS) is 14.3. The van der Waals surface area contributed by atoms with E-state index in [2.05, 4.69) is 0 Å². The summed E-state index contributed by atoms with van der Waals surface area (Å²) in [5, 5.41) is 0.839. The Labute approximate surface area is 175 Å². The van der Waals surface area contributed by atoms with Crippen molar-refractivity contribution in [3.63, 3.8) is 0 Å². The van der Waals surface area contributed by atoms with E-state index in [1.54, 1.807) is 13.8 Å². The maximum atomic E-state index is 13.6. The Hall–Kier alpha value is -3.09. The summed E-state index contributed by atoms with van der Waals surface area (Å²) in [5.41, 5.74) is 1.36. The molecule has 1 saturated carbocycles. The van der Waals surface area contributed by atoms with Gasteiger partial charge in [0, 0.05) is 34.4 Å². The molecule has 7 heteroatoms. The van der Waals surface area contributed by atoms with Gasteiger partial charge in [0.25, 0.3) is 0 Å². The van der Waals surface area contributed by atoms with E-state index in [4.69, 9.17) is 8.83 Å². The quantitative estimate of drug-likeness (QED) is 0.245. The molecule has 162 valence electrons. The van der Waals surface area contributed by atoms with Gasteiger partial charge >= 0.3 is 0 Å². The van der Waals surface area contributed by atoms with Gasteiger partial charge in [-0.1, -0.05) is 12.8 Å². The van der Waals surface area contributed by atoms with Crippen molar-refractivity contribution >= 4 is 27.7 Å².